The van der Waals surface area contributed by atoms with Crippen LogP contribution in [0.5, 0.6) is 0 Å². The SMILES string of the molecule is C=S(NC(Cc1cccc(C(=N)N)c1)c1nc2ccccc2s1)(=C1CC1)c1cccc(NC(=O)C2CC3=C(CCC/C=C\C=N3)S2)c1. The van der Waals surface area contributed by atoms with Gasteiger partial charge in [-0.2, -0.15) is 0 Å². The lowest BCUT2D eigenvalue weighted by Crippen LogP contribution is -2.24. The molecule has 0 radical (unpaired) electrons. The summed E-state index contributed by atoms with van der Waals surface area (Å²) in [6.07, 6.45) is 12.4. The molecule has 0 spiro atoms. The number of aliphatic imine (C=N–C) groups is 1. The van der Waals surface area contributed by atoms with E-state index in [-0.39, 0.29) is 23.0 Å². The minimum Gasteiger partial charge on any atom is -0.384 e. The van der Waals surface area contributed by atoms with Crippen molar-refractivity contribution in [2.24, 2.45) is 10.7 Å². The van der Waals surface area contributed by atoms with E-state index in [2.05, 4.69) is 51.4 Å². The smallest absolute Gasteiger partial charge is 0.238 e. The number of allylic oxidation sites excluding steroid dienone is 4. The van der Waals surface area contributed by atoms with Crippen molar-refractivity contribution in [3.05, 3.63) is 112 Å². The fourth-order valence-corrected chi connectivity index (χ4v) is 11.1. The number of nitrogens with zero attached hydrogens (tertiary/aromatic N) is 2. The van der Waals surface area contributed by atoms with Crippen molar-refractivity contribution >= 4 is 77.1 Å². The first-order valence-corrected chi connectivity index (χ1v) is 19.4. The summed E-state index contributed by atoms with van der Waals surface area (Å²) >= 11 is 3.37. The number of para-hydroxylation sites is 1. The first-order chi connectivity index (χ1) is 22.9. The van der Waals surface area contributed by atoms with Gasteiger partial charge >= 0.3 is 0 Å². The van der Waals surface area contributed by atoms with Gasteiger partial charge in [-0.25, -0.2) is 4.98 Å². The molecule has 4 aromatic rings. The zero-order valence-electron chi connectivity index (χ0n) is 26.1. The predicted molar refractivity (Wildman–Crippen MR) is 203 cm³/mol. The van der Waals surface area contributed by atoms with Crippen molar-refractivity contribution in [1.29, 1.82) is 5.41 Å². The van der Waals surface area contributed by atoms with Crippen molar-refractivity contribution in [3.8, 4) is 0 Å². The number of anilines is 1. The van der Waals surface area contributed by atoms with E-state index in [9.17, 15) is 4.79 Å². The Morgan fingerprint density at radius 1 is 1.09 bits per heavy atom. The normalized spacial score (nSPS) is 20.1. The van der Waals surface area contributed by atoms with Gasteiger partial charge in [0.25, 0.3) is 0 Å². The van der Waals surface area contributed by atoms with Crippen LogP contribution in [0.4, 0.5) is 5.69 Å². The standard InChI is InChI=1S/C37H38N6OS3/c1-47(27-17-18-27,28-13-9-12-26(22-28)41-36(44)34-23-30-33(45-34)15-4-2-3-7-19-40-30)43-31(21-24-10-8-11-25(20-24)35(38)39)37-42-29-14-5-6-16-32(29)46-37/h3,5-14,16,19-20,22,31,34,43H,1-2,4,15,17-18,21,23H2,(H3,38,39)(H,41,44)/b7-3-,40-19?. The summed E-state index contributed by atoms with van der Waals surface area (Å²) in [6, 6.07) is 24.2. The van der Waals surface area contributed by atoms with E-state index in [4.69, 9.17) is 22.0 Å². The van der Waals surface area contributed by atoms with Crippen molar-refractivity contribution in [1.82, 2.24) is 9.71 Å². The molecule has 240 valence electrons. The molecule has 3 atom stereocenters. The highest BCUT2D eigenvalue weighted by atomic mass is 32.2. The summed E-state index contributed by atoms with van der Waals surface area (Å²) in [5.41, 5.74) is 10.4. The number of amides is 1. The maximum atomic E-state index is 13.5. The Morgan fingerprint density at radius 2 is 1.94 bits per heavy atom. The first-order valence-electron chi connectivity index (χ1n) is 15.9. The lowest BCUT2D eigenvalue weighted by Gasteiger charge is -2.26. The summed E-state index contributed by atoms with van der Waals surface area (Å²) in [7, 11) is -1.83. The predicted octanol–water partition coefficient (Wildman–Crippen LogP) is 8.10. The number of nitrogens with one attached hydrogen (secondary N) is 3. The van der Waals surface area contributed by atoms with Crippen LogP contribution in [-0.2, 0) is 11.2 Å². The molecule has 47 heavy (non-hydrogen) atoms. The van der Waals surface area contributed by atoms with Crippen LogP contribution in [0.25, 0.3) is 10.2 Å². The second-order valence-corrected chi connectivity index (χ2v) is 17.2. The van der Waals surface area contributed by atoms with Gasteiger partial charge in [-0.1, -0.05) is 48.3 Å². The van der Waals surface area contributed by atoms with E-state index in [1.807, 2.05) is 54.8 Å². The average Bonchev–Trinajstić information content (AvgIpc) is 3.69. The Hall–Kier alpha value is -3.96. The molecule has 7 rings (SSSR count). The molecule has 3 unspecified atom stereocenters. The minimum atomic E-state index is -1.83. The van der Waals surface area contributed by atoms with E-state index in [1.165, 1.54) is 9.77 Å². The van der Waals surface area contributed by atoms with Crippen LogP contribution in [0.15, 0.2) is 105 Å². The maximum Gasteiger partial charge on any atom is 0.238 e. The Labute approximate surface area is 284 Å². The minimum absolute atomic E-state index is 0.0110. The molecular formula is C37H38N6OS3. The number of amidine groups is 1. The number of thiazole rings is 1. The molecule has 1 aromatic heterocycles. The molecule has 3 heterocycles. The summed E-state index contributed by atoms with van der Waals surface area (Å²) in [5.74, 6) is 4.96. The molecule has 3 aromatic carbocycles. The van der Waals surface area contributed by atoms with Crippen molar-refractivity contribution in [2.45, 2.75) is 61.1 Å². The number of fused-ring (bicyclic) bond motifs is 1. The molecule has 1 saturated carbocycles. The number of carbonyl (C=O) groups excluding carboxylic acids is 1. The third kappa shape index (κ3) is 7.16. The zero-order valence-corrected chi connectivity index (χ0v) is 28.5. The van der Waals surface area contributed by atoms with Crippen molar-refractivity contribution < 1.29 is 4.79 Å². The molecule has 7 nitrogen and oxygen atoms in total. The number of aromatic nitrogens is 1. The quantitative estimate of drug-likeness (QED) is 0.0811. The maximum absolute atomic E-state index is 13.5. The van der Waals surface area contributed by atoms with Crippen molar-refractivity contribution in [3.63, 3.8) is 0 Å². The Morgan fingerprint density at radius 3 is 2.77 bits per heavy atom. The van der Waals surface area contributed by atoms with Gasteiger partial charge < -0.3 is 11.1 Å². The van der Waals surface area contributed by atoms with Crippen LogP contribution in [0.3, 0.4) is 0 Å². The van der Waals surface area contributed by atoms with E-state index in [0.29, 0.717) is 18.4 Å². The van der Waals surface area contributed by atoms with Crippen LogP contribution in [0, 0.1) is 5.41 Å². The largest absolute Gasteiger partial charge is 0.384 e. The lowest BCUT2D eigenvalue weighted by molar-refractivity contribution is -0.115. The van der Waals surface area contributed by atoms with Crippen LogP contribution in [0.2, 0.25) is 0 Å². The number of nitrogen functional groups attached to an aromatic ring is 1. The number of rotatable bonds is 9. The fourth-order valence-electron chi connectivity index (χ4n) is 6.01. The fraction of sp³-hybridized carbons (Fsp3) is 0.243. The van der Waals surface area contributed by atoms with E-state index < -0.39 is 9.39 Å². The van der Waals surface area contributed by atoms with Crippen molar-refractivity contribution in [2.75, 3.05) is 5.32 Å². The van der Waals surface area contributed by atoms with Gasteiger partial charge in [0.15, 0.2) is 0 Å². The molecule has 0 bridgehead atoms. The highest BCUT2D eigenvalue weighted by Gasteiger charge is 2.31. The summed E-state index contributed by atoms with van der Waals surface area (Å²) in [4.78, 5) is 27.0. The number of hydrogen-bond acceptors (Lipinski definition) is 7. The van der Waals surface area contributed by atoms with Gasteiger partial charge in [-0.05, 0) is 91.4 Å². The number of hydrogen-bond donors (Lipinski definition) is 4. The molecule has 5 N–H and O–H groups in total. The number of nitrogens with two attached hydrogens (primary N) is 1. The number of thioether (sulfide) groups is 1. The van der Waals surface area contributed by atoms with Gasteiger partial charge in [0.1, 0.15) is 10.8 Å². The average molecular weight is 679 g/mol. The van der Waals surface area contributed by atoms with Crippen LogP contribution in [0.1, 0.15) is 60.7 Å². The van der Waals surface area contributed by atoms with Gasteiger partial charge in [0.2, 0.25) is 5.91 Å². The molecule has 3 aliphatic rings. The van der Waals surface area contributed by atoms with E-state index in [0.717, 1.165) is 69.2 Å². The summed E-state index contributed by atoms with van der Waals surface area (Å²) in [5, 5.41) is 12.0. The number of benzene rings is 3. The first kappa shape index (κ1) is 31.6. The van der Waals surface area contributed by atoms with Gasteiger partial charge in [-0.3, -0.25) is 19.9 Å². The molecule has 10 heteroatoms. The second kappa shape index (κ2) is 13.6. The van der Waals surface area contributed by atoms with Gasteiger partial charge in [-0.15, -0.1) is 32.5 Å². The van der Waals surface area contributed by atoms with Crippen LogP contribution >= 0.6 is 32.5 Å². The zero-order chi connectivity index (χ0) is 32.4. The van der Waals surface area contributed by atoms with Crippen LogP contribution < -0.4 is 15.8 Å². The van der Waals surface area contributed by atoms with Crippen LogP contribution in [-0.4, -0.2) is 38.9 Å². The lowest BCUT2D eigenvalue weighted by atomic mass is 10.0. The Balaban J connectivity index is 1.16. The van der Waals surface area contributed by atoms with E-state index in [1.54, 1.807) is 23.1 Å². The highest BCUT2D eigenvalue weighted by Crippen LogP contribution is 2.45. The topological polar surface area (TPSA) is 116 Å². The van der Waals surface area contributed by atoms with Gasteiger partial charge in [0, 0.05) is 33.7 Å². The molecule has 0 saturated heterocycles. The van der Waals surface area contributed by atoms with E-state index >= 15 is 0 Å². The number of carbonyl (C=O) groups is 1. The Kier molecular flexibility index (Phi) is 9.18. The molecule has 1 aliphatic carbocycles. The monoisotopic (exact) mass is 678 g/mol. The second-order valence-electron chi connectivity index (χ2n) is 12.1. The van der Waals surface area contributed by atoms with Gasteiger partial charge in [0.05, 0.1) is 27.2 Å². The summed E-state index contributed by atoms with van der Waals surface area (Å²) in [6.45, 7) is 0. The summed E-state index contributed by atoms with van der Waals surface area (Å²) < 4.78 is 5.17. The third-order valence-corrected chi connectivity index (χ3v) is 14.3. The molecular weight excluding hydrogens is 641 g/mol. The molecule has 1 amide bonds. The third-order valence-electron chi connectivity index (χ3n) is 8.59. The highest BCUT2D eigenvalue weighted by molar-refractivity contribution is 8.28. The molecule has 1 fully saturated rings. The molecule has 2 aliphatic heterocycles. The Bertz CT molecular complexity index is 2040.